The third-order valence-electron chi connectivity index (χ3n) is 3.78. The van der Waals surface area contributed by atoms with Gasteiger partial charge in [0.25, 0.3) is 0 Å². The second-order valence-corrected chi connectivity index (χ2v) is 8.63. The number of nitrogens with zero attached hydrogens (tertiary/aromatic N) is 3. The molecule has 0 fully saturated rings. The summed E-state index contributed by atoms with van der Waals surface area (Å²) in [5, 5.41) is 3.16. The number of aryl methyl sites for hydroxylation is 1. The molecule has 2 aromatic carbocycles. The van der Waals surface area contributed by atoms with E-state index in [9.17, 15) is 13.2 Å². The lowest BCUT2D eigenvalue weighted by Crippen LogP contribution is -2.35. The van der Waals surface area contributed by atoms with Gasteiger partial charge >= 0.3 is 0 Å². The summed E-state index contributed by atoms with van der Waals surface area (Å²) in [4.78, 5) is 12.3. The van der Waals surface area contributed by atoms with Gasteiger partial charge < -0.3 is 5.32 Å². The third-order valence-corrected chi connectivity index (χ3v) is 6.39. The predicted molar refractivity (Wildman–Crippen MR) is 102 cm³/mol. The van der Waals surface area contributed by atoms with Crippen molar-refractivity contribution in [2.45, 2.75) is 11.8 Å². The van der Waals surface area contributed by atoms with E-state index in [0.717, 1.165) is 21.6 Å². The molecule has 136 valence electrons. The van der Waals surface area contributed by atoms with Crippen molar-refractivity contribution in [1.29, 1.82) is 0 Å². The van der Waals surface area contributed by atoms with Crippen molar-refractivity contribution < 1.29 is 13.2 Å². The standard InChI is InChI=1S/C16H15ClN4O3S2/c1-10-6-7-11(17)8-13(10)18-15(22)9-21(2)26(23,24)14-5-3-4-12-16(14)20-25-19-12/h3-8H,9H2,1-2H3,(H,18,22). The Balaban J connectivity index is 1.80. The maximum Gasteiger partial charge on any atom is 0.245 e. The molecule has 0 atom stereocenters. The van der Waals surface area contributed by atoms with Gasteiger partial charge in [0.15, 0.2) is 0 Å². The molecule has 3 rings (SSSR count). The molecule has 1 amide bonds. The fraction of sp³-hybridized carbons (Fsp3) is 0.188. The molecule has 0 saturated heterocycles. The number of carbonyl (C=O) groups is 1. The van der Waals surface area contributed by atoms with Crippen LogP contribution in [-0.4, -0.2) is 41.0 Å². The largest absolute Gasteiger partial charge is 0.325 e. The van der Waals surface area contributed by atoms with E-state index in [-0.39, 0.29) is 11.4 Å². The normalized spacial score (nSPS) is 11.8. The molecule has 1 N–H and O–H groups in total. The molecule has 10 heteroatoms. The Morgan fingerprint density at radius 1 is 1.27 bits per heavy atom. The maximum atomic E-state index is 12.8. The molecule has 0 unspecified atom stereocenters. The summed E-state index contributed by atoms with van der Waals surface area (Å²) < 4.78 is 34.7. The Morgan fingerprint density at radius 3 is 2.81 bits per heavy atom. The number of rotatable bonds is 5. The molecule has 0 aliphatic rings. The van der Waals surface area contributed by atoms with Crippen LogP contribution in [0.15, 0.2) is 41.3 Å². The van der Waals surface area contributed by atoms with E-state index < -0.39 is 15.9 Å². The lowest BCUT2D eigenvalue weighted by molar-refractivity contribution is -0.116. The van der Waals surface area contributed by atoms with E-state index in [2.05, 4.69) is 14.1 Å². The molecule has 1 aromatic heterocycles. The lowest BCUT2D eigenvalue weighted by Gasteiger charge is -2.17. The number of benzene rings is 2. The van der Waals surface area contributed by atoms with Crippen LogP contribution >= 0.6 is 23.3 Å². The van der Waals surface area contributed by atoms with Gasteiger partial charge in [-0.15, -0.1) is 0 Å². The molecular formula is C16H15ClN4O3S2. The van der Waals surface area contributed by atoms with Crippen molar-refractivity contribution in [3.63, 3.8) is 0 Å². The zero-order valence-electron chi connectivity index (χ0n) is 13.9. The SMILES string of the molecule is Cc1ccc(Cl)cc1NC(=O)CN(C)S(=O)(=O)c1cccc2nsnc12. The zero-order valence-corrected chi connectivity index (χ0v) is 16.3. The van der Waals surface area contributed by atoms with Crippen LogP contribution in [0.25, 0.3) is 11.0 Å². The highest BCUT2D eigenvalue weighted by atomic mass is 35.5. The first-order valence-corrected chi connectivity index (χ1v) is 10.1. The number of halogens is 1. The first-order chi connectivity index (χ1) is 12.3. The van der Waals surface area contributed by atoms with Gasteiger partial charge in [0.1, 0.15) is 15.9 Å². The number of amides is 1. The van der Waals surface area contributed by atoms with Crippen molar-refractivity contribution in [2.75, 3.05) is 18.9 Å². The summed E-state index contributed by atoms with van der Waals surface area (Å²) in [6.45, 7) is 1.48. The minimum atomic E-state index is -3.89. The molecule has 0 radical (unpaired) electrons. The van der Waals surface area contributed by atoms with E-state index in [4.69, 9.17) is 11.6 Å². The monoisotopic (exact) mass is 410 g/mol. The number of fused-ring (bicyclic) bond motifs is 1. The fourth-order valence-corrected chi connectivity index (χ4v) is 4.41. The van der Waals surface area contributed by atoms with Crippen LogP contribution in [0.4, 0.5) is 5.69 Å². The van der Waals surface area contributed by atoms with Crippen LogP contribution in [-0.2, 0) is 14.8 Å². The van der Waals surface area contributed by atoms with E-state index in [1.165, 1.54) is 13.1 Å². The Labute approximate surface area is 160 Å². The molecule has 0 aliphatic heterocycles. The molecule has 0 bridgehead atoms. The van der Waals surface area contributed by atoms with Crippen LogP contribution in [0, 0.1) is 6.92 Å². The highest BCUT2D eigenvalue weighted by Crippen LogP contribution is 2.24. The van der Waals surface area contributed by atoms with Gasteiger partial charge in [0.05, 0.1) is 18.3 Å². The fourth-order valence-electron chi connectivity index (χ4n) is 2.36. The molecule has 26 heavy (non-hydrogen) atoms. The third kappa shape index (κ3) is 3.70. The Morgan fingerprint density at radius 2 is 2.04 bits per heavy atom. The first-order valence-electron chi connectivity index (χ1n) is 7.52. The van der Waals surface area contributed by atoms with Crippen LogP contribution in [0.5, 0.6) is 0 Å². The van der Waals surface area contributed by atoms with E-state index in [1.54, 1.807) is 30.3 Å². The maximum absolute atomic E-state index is 12.8. The smallest absolute Gasteiger partial charge is 0.245 e. The van der Waals surface area contributed by atoms with Crippen molar-refractivity contribution >= 4 is 56.0 Å². The van der Waals surface area contributed by atoms with Crippen LogP contribution in [0.2, 0.25) is 5.02 Å². The van der Waals surface area contributed by atoms with Gasteiger partial charge in [0, 0.05) is 17.8 Å². The number of hydrogen-bond acceptors (Lipinski definition) is 6. The predicted octanol–water partition coefficient (Wildman–Crippen LogP) is 2.91. The lowest BCUT2D eigenvalue weighted by atomic mass is 10.2. The van der Waals surface area contributed by atoms with Gasteiger partial charge in [-0.25, -0.2) is 8.42 Å². The van der Waals surface area contributed by atoms with E-state index in [1.807, 2.05) is 6.92 Å². The van der Waals surface area contributed by atoms with Crippen LogP contribution in [0.3, 0.4) is 0 Å². The van der Waals surface area contributed by atoms with Crippen molar-refractivity contribution in [2.24, 2.45) is 0 Å². The minimum absolute atomic E-state index is 0.0259. The van der Waals surface area contributed by atoms with Crippen LogP contribution < -0.4 is 5.32 Å². The summed E-state index contributed by atoms with van der Waals surface area (Å²) in [7, 11) is -2.54. The van der Waals surface area contributed by atoms with Crippen molar-refractivity contribution in [3.05, 3.63) is 47.0 Å². The van der Waals surface area contributed by atoms with Crippen molar-refractivity contribution in [3.8, 4) is 0 Å². The van der Waals surface area contributed by atoms with Gasteiger partial charge in [-0.1, -0.05) is 23.7 Å². The molecule has 7 nitrogen and oxygen atoms in total. The Hall–Kier alpha value is -2.07. The molecule has 0 saturated carbocycles. The van der Waals surface area contributed by atoms with Crippen LogP contribution in [0.1, 0.15) is 5.56 Å². The van der Waals surface area contributed by atoms with Gasteiger partial charge in [0.2, 0.25) is 15.9 Å². The number of likely N-dealkylation sites (N-methyl/N-ethyl adjacent to an activating group) is 1. The van der Waals surface area contributed by atoms with Gasteiger partial charge in [-0.2, -0.15) is 13.1 Å². The minimum Gasteiger partial charge on any atom is -0.325 e. The molecule has 1 heterocycles. The summed E-state index contributed by atoms with van der Waals surface area (Å²) >= 11 is 6.87. The average Bonchev–Trinajstić information content (AvgIpc) is 3.06. The second-order valence-electron chi connectivity index (χ2n) is 5.66. The first kappa shape index (κ1) is 18.7. The number of anilines is 1. The van der Waals surface area contributed by atoms with Gasteiger partial charge in [-0.05, 0) is 36.8 Å². The summed E-state index contributed by atoms with van der Waals surface area (Å²) in [6.07, 6.45) is 0. The average molecular weight is 411 g/mol. The number of carbonyl (C=O) groups excluding carboxylic acids is 1. The molecule has 0 spiro atoms. The topological polar surface area (TPSA) is 92.3 Å². The Bertz CT molecular complexity index is 1080. The van der Waals surface area contributed by atoms with E-state index >= 15 is 0 Å². The van der Waals surface area contributed by atoms with Gasteiger partial charge in [-0.3, -0.25) is 4.79 Å². The second kappa shape index (κ2) is 7.28. The highest BCUT2D eigenvalue weighted by molar-refractivity contribution is 7.89. The molecule has 0 aliphatic carbocycles. The number of aromatic nitrogens is 2. The summed E-state index contributed by atoms with van der Waals surface area (Å²) in [5.41, 5.74) is 2.17. The highest BCUT2D eigenvalue weighted by Gasteiger charge is 2.26. The van der Waals surface area contributed by atoms with E-state index in [0.29, 0.717) is 21.7 Å². The zero-order chi connectivity index (χ0) is 18.9. The number of hydrogen-bond donors (Lipinski definition) is 1. The molecular weight excluding hydrogens is 396 g/mol. The number of nitrogens with one attached hydrogen (secondary N) is 1. The quantitative estimate of drug-likeness (QED) is 0.698. The molecule has 3 aromatic rings. The number of sulfonamides is 1. The summed E-state index contributed by atoms with van der Waals surface area (Å²) in [6, 6.07) is 9.84. The Kier molecular flexibility index (Phi) is 5.24. The van der Waals surface area contributed by atoms with Crippen molar-refractivity contribution in [1.82, 2.24) is 13.1 Å². The summed E-state index contributed by atoms with van der Waals surface area (Å²) in [5.74, 6) is -0.468.